The van der Waals surface area contributed by atoms with Crippen molar-refractivity contribution in [1.82, 2.24) is 4.90 Å². The number of hydrogen-bond donors (Lipinski definition) is 1. The lowest BCUT2D eigenvalue weighted by Crippen LogP contribution is -2.62. The second-order valence-electron chi connectivity index (χ2n) is 11.5. The van der Waals surface area contributed by atoms with Crippen LogP contribution >= 0.6 is 0 Å². The third-order valence-electron chi connectivity index (χ3n) is 9.12. The Kier molecular flexibility index (Phi) is 6.89. The maximum Gasteiger partial charge on any atom is 0.0754 e. The normalized spacial score (nSPS) is 46.0. The van der Waals surface area contributed by atoms with E-state index in [2.05, 4.69) is 53.4 Å². The van der Waals surface area contributed by atoms with E-state index < -0.39 is 0 Å². The molecule has 3 unspecified atom stereocenters. The molecule has 3 nitrogen and oxygen atoms in total. The number of nitrogens with zero attached hydrogens (tertiary/aromatic N) is 1. The van der Waals surface area contributed by atoms with Crippen molar-refractivity contribution in [2.45, 2.75) is 118 Å². The van der Waals surface area contributed by atoms with Crippen molar-refractivity contribution < 1.29 is 9.84 Å². The van der Waals surface area contributed by atoms with E-state index in [0.717, 1.165) is 37.3 Å². The van der Waals surface area contributed by atoms with Gasteiger partial charge < -0.3 is 9.84 Å². The molecule has 28 heavy (non-hydrogen) atoms. The summed E-state index contributed by atoms with van der Waals surface area (Å²) in [5.74, 6) is 2.35. The first kappa shape index (κ1) is 22.6. The molecule has 2 saturated carbocycles. The van der Waals surface area contributed by atoms with E-state index in [4.69, 9.17) is 4.74 Å². The van der Waals surface area contributed by atoms with Gasteiger partial charge in [0.05, 0.1) is 18.3 Å². The Morgan fingerprint density at radius 1 is 0.964 bits per heavy atom. The molecule has 2 aliphatic carbocycles. The predicted molar refractivity (Wildman–Crippen MR) is 117 cm³/mol. The van der Waals surface area contributed by atoms with Gasteiger partial charge >= 0.3 is 0 Å². The van der Waals surface area contributed by atoms with Crippen LogP contribution < -0.4 is 0 Å². The van der Waals surface area contributed by atoms with E-state index in [1.807, 2.05) is 0 Å². The maximum absolute atomic E-state index is 11.7. The lowest BCUT2D eigenvalue weighted by Gasteiger charge is -2.57. The minimum Gasteiger partial charge on any atom is -0.391 e. The topological polar surface area (TPSA) is 32.7 Å². The zero-order valence-electron chi connectivity index (χ0n) is 19.7. The molecule has 0 aromatic rings. The molecule has 1 heterocycles. The van der Waals surface area contributed by atoms with Gasteiger partial charge in [-0.2, -0.15) is 0 Å². The van der Waals surface area contributed by atoms with Crippen LogP contribution in [-0.2, 0) is 4.74 Å². The number of aliphatic hydroxyl groups excluding tert-OH is 1. The molecule has 0 bridgehead atoms. The predicted octanol–water partition coefficient (Wildman–Crippen LogP) is 5.50. The molecule has 0 aromatic carbocycles. The zero-order chi connectivity index (χ0) is 20.7. The summed E-state index contributed by atoms with van der Waals surface area (Å²) >= 11 is 0. The largest absolute Gasteiger partial charge is 0.391 e. The van der Waals surface area contributed by atoms with Crippen molar-refractivity contribution in [2.75, 3.05) is 13.1 Å². The van der Waals surface area contributed by atoms with Crippen LogP contribution in [0.25, 0.3) is 0 Å². The number of fused-ring (bicyclic) bond motifs is 1. The van der Waals surface area contributed by atoms with Crippen LogP contribution in [0.3, 0.4) is 0 Å². The standard InChI is InChI=1S/C25H47NO2/c1-17(2)9-8-10-18(3)21-11-13-25(7)23(27)22(12-14-24(21,25)6)26-15-19(4)28-20(5)16-26/h17-23,27H,8-16H2,1-7H3/t18-,19?,20?,21-,22+,23?,24-,25+/m1/s1. The summed E-state index contributed by atoms with van der Waals surface area (Å²) < 4.78 is 5.95. The monoisotopic (exact) mass is 393 g/mol. The van der Waals surface area contributed by atoms with E-state index in [9.17, 15) is 5.11 Å². The molecular formula is C25H47NO2. The number of aliphatic hydroxyl groups is 1. The van der Waals surface area contributed by atoms with Gasteiger partial charge in [0.1, 0.15) is 0 Å². The highest BCUT2D eigenvalue weighted by Crippen LogP contribution is 2.65. The SMILES string of the molecule is CC(C)CCC[C@@H](C)[C@H]1CC[C@@]2(C)C(O)[C@@H](N3CC(C)OC(C)C3)CC[C@]12C. The van der Waals surface area contributed by atoms with Crippen LogP contribution in [0.15, 0.2) is 0 Å². The van der Waals surface area contributed by atoms with Crippen LogP contribution in [0.1, 0.15) is 93.4 Å². The van der Waals surface area contributed by atoms with Gasteiger partial charge in [-0.3, -0.25) is 4.90 Å². The summed E-state index contributed by atoms with van der Waals surface area (Å²) in [6.07, 6.45) is 9.30. The first-order valence-corrected chi connectivity index (χ1v) is 12.2. The smallest absolute Gasteiger partial charge is 0.0754 e. The number of ether oxygens (including phenoxy) is 1. The molecule has 0 aromatic heterocycles. The second kappa shape index (κ2) is 8.55. The summed E-state index contributed by atoms with van der Waals surface area (Å²) in [6.45, 7) is 18.4. The lowest BCUT2D eigenvalue weighted by molar-refractivity contribution is -0.162. The molecule has 3 aliphatic rings. The fourth-order valence-corrected chi connectivity index (χ4v) is 7.30. The van der Waals surface area contributed by atoms with Crippen molar-refractivity contribution in [1.29, 1.82) is 0 Å². The van der Waals surface area contributed by atoms with Gasteiger partial charge in [0.2, 0.25) is 0 Å². The number of rotatable bonds is 6. The molecule has 0 radical (unpaired) electrons. The van der Waals surface area contributed by atoms with E-state index >= 15 is 0 Å². The lowest BCUT2D eigenvalue weighted by atomic mass is 9.53. The third kappa shape index (κ3) is 4.05. The molecule has 1 N–H and O–H groups in total. The van der Waals surface area contributed by atoms with Crippen molar-refractivity contribution in [2.24, 2.45) is 28.6 Å². The Hall–Kier alpha value is -0.120. The quantitative estimate of drug-likeness (QED) is 0.646. The zero-order valence-corrected chi connectivity index (χ0v) is 19.7. The Morgan fingerprint density at radius 3 is 2.18 bits per heavy atom. The van der Waals surface area contributed by atoms with Gasteiger partial charge in [-0.25, -0.2) is 0 Å². The van der Waals surface area contributed by atoms with Crippen molar-refractivity contribution in [3.63, 3.8) is 0 Å². The van der Waals surface area contributed by atoms with Crippen LogP contribution in [0.4, 0.5) is 0 Å². The van der Waals surface area contributed by atoms with Gasteiger partial charge in [0, 0.05) is 24.5 Å². The summed E-state index contributed by atoms with van der Waals surface area (Å²) in [5.41, 5.74) is 0.335. The molecular weight excluding hydrogens is 346 g/mol. The van der Waals surface area contributed by atoms with Gasteiger partial charge in [0.25, 0.3) is 0 Å². The molecule has 0 spiro atoms. The van der Waals surface area contributed by atoms with Crippen LogP contribution in [-0.4, -0.2) is 47.4 Å². The number of hydrogen-bond acceptors (Lipinski definition) is 3. The van der Waals surface area contributed by atoms with E-state index in [0.29, 0.717) is 6.04 Å². The fourth-order valence-electron chi connectivity index (χ4n) is 7.30. The van der Waals surface area contributed by atoms with Gasteiger partial charge in [-0.1, -0.05) is 53.9 Å². The average Bonchev–Trinajstić information content (AvgIpc) is 2.87. The highest BCUT2D eigenvalue weighted by molar-refractivity contribution is 5.12. The van der Waals surface area contributed by atoms with Gasteiger partial charge in [-0.05, 0) is 62.7 Å². The van der Waals surface area contributed by atoms with Gasteiger partial charge in [0.15, 0.2) is 0 Å². The van der Waals surface area contributed by atoms with Crippen molar-refractivity contribution in [3.8, 4) is 0 Å². The molecule has 3 fully saturated rings. The molecule has 3 rings (SSSR count). The Bertz CT molecular complexity index is 513. The molecule has 3 heteroatoms. The highest BCUT2D eigenvalue weighted by atomic mass is 16.5. The van der Waals surface area contributed by atoms with Crippen molar-refractivity contribution in [3.05, 3.63) is 0 Å². The van der Waals surface area contributed by atoms with E-state index in [1.165, 1.54) is 38.5 Å². The van der Waals surface area contributed by atoms with Crippen LogP contribution in [0.2, 0.25) is 0 Å². The first-order valence-electron chi connectivity index (χ1n) is 12.2. The molecule has 1 saturated heterocycles. The second-order valence-corrected chi connectivity index (χ2v) is 11.5. The Balaban J connectivity index is 1.70. The van der Waals surface area contributed by atoms with E-state index in [1.54, 1.807) is 0 Å². The fraction of sp³-hybridized carbons (Fsp3) is 1.00. The Labute approximate surface area is 174 Å². The first-order chi connectivity index (χ1) is 13.1. The average molecular weight is 394 g/mol. The molecule has 0 amide bonds. The van der Waals surface area contributed by atoms with Crippen LogP contribution in [0.5, 0.6) is 0 Å². The molecule has 164 valence electrons. The third-order valence-corrected chi connectivity index (χ3v) is 9.12. The summed E-state index contributed by atoms with van der Waals surface area (Å²) in [6, 6.07) is 0.307. The van der Waals surface area contributed by atoms with E-state index in [-0.39, 0.29) is 29.1 Å². The highest BCUT2D eigenvalue weighted by Gasteiger charge is 2.62. The summed E-state index contributed by atoms with van der Waals surface area (Å²) in [7, 11) is 0. The molecule has 8 atom stereocenters. The summed E-state index contributed by atoms with van der Waals surface area (Å²) in [4.78, 5) is 2.55. The minimum absolute atomic E-state index is 0.0532. The maximum atomic E-state index is 11.7. The number of morpholine rings is 1. The summed E-state index contributed by atoms with van der Waals surface area (Å²) in [5, 5.41) is 11.7. The molecule has 1 aliphatic heterocycles. The Morgan fingerprint density at radius 2 is 1.57 bits per heavy atom. The van der Waals surface area contributed by atoms with Gasteiger partial charge in [-0.15, -0.1) is 0 Å². The van der Waals surface area contributed by atoms with Crippen LogP contribution in [0, 0.1) is 28.6 Å². The minimum atomic E-state index is -0.211. The van der Waals surface area contributed by atoms with Crippen molar-refractivity contribution >= 4 is 0 Å².